The van der Waals surface area contributed by atoms with Gasteiger partial charge in [-0.05, 0) is 37.8 Å². The largest absolute Gasteiger partial charge is 0.495 e. The number of aliphatic hydroxyl groups is 1. The smallest absolute Gasteiger partial charge is 0.338 e. The summed E-state index contributed by atoms with van der Waals surface area (Å²) in [5.74, 6) is 0.330. The van der Waals surface area contributed by atoms with E-state index in [4.69, 9.17) is 15.2 Å². The molecule has 0 unspecified atom stereocenters. The van der Waals surface area contributed by atoms with E-state index >= 15 is 0 Å². The number of para-hydroxylation sites is 2. The number of anilines is 3. The molecule has 3 rings (SSSR count). The molecule has 26 heavy (non-hydrogen) atoms. The third-order valence-corrected chi connectivity index (χ3v) is 4.20. The van der Waals surface area contributed by atoms with Crippen LogP contribution in [0.5, 0.6) is 5.75 Å². The Morgan fingerprint density at radius 2 is 2.00 bits per heavy atom. The number of rotatable bonds is 6. The number of carbonyl (C=O) groups is 1. The van der Waals surface area contributed by atoms with E-state index in [1.54, 1.807) is 19.2 Å². The van der Waals surface area contributed by atoms with Gasteiger partial charge in [-0.25, -0.2) is 4.79 Å². The third kappa shape index (κ3) is 3.99. The summed E-state index contributed by atoms with van der Waals surface area (Å²) in [5, 5.41) is 13.2. The monoisotopic (exact) mass is 359 g/mol. The molecule has 0 aliphatic heterocycles. The molecule has 1 aliphatic rings. The first-order valence-corrected chi connectivity index (χ1v) is 8.30. The van der Waals surface area contributed by atoms with Crippen molar-refractivity contribution in [3.8, 4) is 5.75 Å². The number of hydrogen-bond acceptors (Lipinski definition) is 9. The summed E-state index contributed by atoms with van der Waals surface area (Å²) in [6.07, 6.45) is 2.42. The van der Waals surface area contributed by atoms with E-state index in [0.717, 1.165) is 12.8 Å². The first kappa shape index (κ1) is 17.9. The zero-order chi connectivity index (χ0) is 18.6. The fraction of sp³-hybridized carbons (Fsp3) is 0.412. The molecule has 0 radical (unpaired) electrons. The van der Waals surface area contributed by atoms with Gasteiger partial charge in [-0.1, -0.05) is 12.1 Å². The lowest BCUT2D eigenvalue weighted by atomic mass is 10.0. The number of benzene rings is 1. The molecule has 1 aromatic heterocycles. The summed E-state index contributed by atoms with van der Waals surface area (Å²) in [5.41, 5.74) is 4.97. The molecule has 1 aliphatic carbocycles. The highest BCUT2D eigenvalue weighted by Crippen LogP contribution is 2.31. The Morgan fingerprint density at radius 1 is 1.27 bits per heavy atom. The molecule has 0 spiro atoms. The Kier molecular flexibility index (Phi) is 5.17. The lowest BCUT2D eigenvalue weighted by molar-refractivity contribution is -0.166. The highest BCUT2D eigenvalue weighted by Gasteiger charge is 2.40. The Hall–Kier alpha value is -2.94. The molecule has 0 amide bonds. The van der Waals surface area contributed by atoms with Crippen molar-refractivity contribution < 1.29 is 19.4 Å². The van der Waals surface area contributed by atoms with Gasteiger partial charge in [0.05, 0.1) is 12.8 Å². The van der Waals surface area contributed by atoms with Gasteiger partial charge in [0, 0.05) is 0 Å². The van der Waals surface area contributed by atoms with Crippen LogP contribution in [0.4, 0.5) is 17.6 Å². The first-order valence-electron chi connectivity index (χ1n) is 8.30. The maximum atomic E-state index is 12.1. The Morgan fingerprint density at radius 3 is 2.73 bits per heavy atom. The zero-order valence-corrected chi connectivity index (χ0v) is 14.4. The second kappa shape index (κ2) is 7.52. The highest BCUT2D eigenvalue weighted by atomic mass is 16.5. The van der Waals surface area contributed by atoms with Crippen LogP contribution in [0.1, 0.15) is 31.5 Å². The number of hydrogen-bond donors (Lipinski definition) is 3. The second-order valence-electron chi connectivity index (χ2n) is 6.07. The Labute approximate surface area is 150 Å². The minimum atomic E-state index is -1.41. The maximum Gasteiger partial charge on any atom is 0.338 e. The zero-order valence-electron chi connectivity index (χ0n) is 14.4. The number of nitrogen functional groups attached to an aromatic ring is 1. The lowest BCUT2D eigenvalue weighted by Crippen LogP contribution is -2.37. The van der Waals surface area contributed by atoms with Gasteiger partial charge in [0.2, 0.25) is 11.9 Å². The molecule has 9 nitrogen and oxygen atoms in total. The van der Waals surface area contributed by atoms with Crippen LogP contribution in [0.15, 0.2) is 24.3 Å². The van der Waals surface area contributed by atoms with E-state index in [-0.39, 0.29) is 24.3 Å². The van der Waals surface area contributed by atoms with E-state index < -0.39 is 11.6 Å². The summed E-state index contributed by atoms with van der Waals surface area (Å²) in [6, 6.07) is 7.26. The molecule has 0 saturated heterocycles. The van der Waals surface area contributed by atoms with Crippen molar-refractivity contribution >= 4 is 23.6 Å². The molecule has 0 atom stereocenters. The normalized spacial score (nSPS) is 15.5. The van der Waals surface area contributed by atoms with Crippen molar-refractivity contribution in [3.05, 3.63) is 30.1 Å². The summed E-state index contributed by atoms with van der Waals surface area (Å²) in [7, 11) is 1.56. The SMILES string of the molecule is COc1ccccc1Nc1nc(N)nc(COC(=O)C2(O)CCCC2)n1. The fourth-order valence-electron chi connectivity index (χ4n) is 2.86. The van der Waals surface area contributed by atoms with Gasteiger partial charge < -0.3 is 25.6 Å². The number of carbonyl (C=O) groups excluding carboxylic acids is 1. The third-order valence-electron chi connectivity index (χ3n) is 4.20. The van der Waals surface area contributed by atoms with Crippen LogP contribution in [0.3, 0.4) is 0 Å². The lowest BCUT2D eigenvalue weighted by Gasteiger charge is -2.19. The summed E-state index contributed by atoms with van der Waals surface area (Å²) in [6.45, 7) is -0.200. The number of nitrogens with one attached hydrogen (secondary N) is 1. The number of methoxy groups -OCH3 is 1. The van der Waals surface area contributed by atoms with E-state index in [0.29, 0.717) is 24.3 Å². The fourth-order valence-corrected chi connectivity index (χ4v) is 2.86. The second-order valence-corrected chi connectivity index (χ2v) is 6.07. The number of esters is 1. The highest BCUT2D eigenvalue weighted by molar-refractivity contribution is 5.79. The van der Waals surface area contributed by atoms with Crippen LogP contribution >= 0.6 is 0 Å². The van der Waals surface area contributed by atoms with Crippen molar-refractivity contribution in [2.45, 2.75) is 37.9 Å². The molecule has 1 saturated carbocycles. The van der Waals surface area contributed by atoms with E-state index in [1.165, 1.54) is 0 Å². The number of nitrogens with two attached hydrogens (primary N) is 1. The molecule has 0 bridgehead atoms. The standard InChI is InChI=1S/C17H21N5O4/c1-25-12-7-3-2-6-11(12)19-16-21-13(20-15(18)22-16)10-26-14(23)17(24)8-4-5-9-17/h2-3,6-7,24H,4-5,8-10H2,1H3,(H3,18,19,20,21,22). The molecular formula is C17H21N5O4. The van der Waals surface area contributed by atoms with Crippen LogP contribution in [-0.2, 0) is 16.1 Å². The minimum absolute atomic E-state index is 0.0111. The van der Waals surface area contributed by atoms with E-state index in [2.05, 4.69) is 20.3 Å². The van der Waals surface area contributed by atoms with Gasteiger partial charge in [0.15, 0.2) is 18.0 Å². The number of aromatic nitrogens is 3. The molecule has 1 heterocycles. The van der Waals surface area contributed by atoms with Crippen molar-refractivity contribution in [3.63, 3.8) is 0 Å². The predicted octanol–water partition coefficient (Wildman–Crippen LogP) is 1.55. The van der Waals surface area contributed by atoms with Crippen LogP contribution < -0.4 is 15.8 Å². The van der Waals surface area contributed by atoms with Gasteiger partial charge in [0.1, 0.15) is 5.75 Å². The van der Waals surface area contributed by atoms with Gasteiger partial charge in [0.25, 0.3) is 0 Å². The topological polar surface area (TPSA) is 132 Å². The molecule has 9 heteroatoms. The van der Waals surface area contributed by atoms with E-state index in [9.17, 15) is 9.90 Å². The average Bonchev–Trinajstić information content (AvgIpc) is 3.07. The first-order chi connectivity index (χ1) is 12.5. The minimum Gasteiger partial charge on any atom is -0.495 e. The van der Waals surface area contributed by atoms with Crippen LogP contribution in [0.25, 0.3) is 0 Å². The Bertz CT molecular complexity index is 792. The van der Waals surface area contributed by atoms with Gasteiger partial charge in [-0.2, -0.15) is 15.0 Å². The van der Waals surface area contributed by atoms with Crippen molar-refractivity contribution in [2.24, 2.45) is 0 Å². The number of nitrogens with zero attached hydrogens (tertiary/aromatic N) is 3. The summed E-state index contributed by atoms with van der Waals surface area (Å²) < 4.78 is 10.4. The van der Waals surface area contributed by atoms with Crippen LogP contribution in [-0.4, -0.2) is 38.7 Å². The molecule has 1 fully saturated rings. The van der Waals surface area contributed by atoms with Gasteiger partial charge >= 0.3 is 5.97 Å². The molecule has 138 valence electrons. The number of ether oxygens (including phenoxy) is 2. The molecule has 4 N–H and O–H groups in total. The van der Waals surface area contributed by atoms with Crippen molar-refractivity contribution in [1.29, 1.82) is 0 Å². The molecular weight excluding hydrogens is 338 g/mol. The average molecular weight is 359 g/mol. The molecule has 2 aromatic rings. The van der Waals surface area contributed by atoms with Crippen molar-refractivity contribution in [1.82, 2.24) is 15.0 Å². The van der Waals surface area contributed by atoms with Crippen LogP contribution in [0, 0.1) is 0 Å². The summed E-state index contributed by atoms with van der Waals surface area (Å²) in [4.78, 5) is 24.3. The van der Waals surface area contributed by atoms with Gasteiger partial charge in [-0.3, -0.25) is 0 Å². The predicted molar refractivity (Wildman–Crippen MR) is 93.7 cm³/mol. The van der Waals surface area contributed by atoms with Crippen molar-refractivity contribution in [2.75, 3.05) is 18.2 Å². The molecule has 1 aromatic carbocycles. The quantitative estimate of drug-likeness (QED) is 0.657. The summed E-state index contributed by atoms with van der Waals surface area (Å²) >= 11 is 0. The van der Waals surface area contributed by atoms with Gasteiger partial charge in [-0.15, -0.1) is 0 Å². The van der Waals surface area contributed by atoms with Crippen LogP contribution in [0.2, 0.25) is 0 Å². The Balaban J connectivity index is 1.70. The van der Waals surface area contributed by atoms with E-state index in [1.807, 2.05) is 12.1 Å². The maximum absolute atomic E-state index is 12.1.